The molecule has 17 heavy (non-hydrogen) atoms. The first-order valence-electron chi connectivity index (χ1n) is 5.05. The average Bonchev–Trinajstić information content (AvgIpc) is 2.60. The second-order valence-electron chi connectivity index (χ2n) is 3.50. The van der Waals surface area contributed by atoms with Crippen LogP contribution in [0.15, 0.2) is 34.5 Å². The first-order valence-corrected chi connectivity index (χ1v) is 5.45. The van der Waals surface area contributed by atoms with Gasteiger partial charge < -0.3 is 15.0 Å². The Morgan fingerprint density at radius 2 is 2.12 bits per heavy atom. The summed E-state index contributed by atoms with van der Waals surface area (Å²) in [5.74, 6) is 0.0776. The maximum absolute atomic E-state index is 9.95. The Morgan fingerprint density at radius 3 is 2.82 bits per heavy atom. The molecule has 0 spiro atoms. The van der Waals surface area contributed by atoms with Gasteiger partial charge in [0.05, 0.1) is 5.52 Å². The molecule has 0 fully saturated rings. The van der Waals surface area contributed by atoms with Gasteiger partial charge in [-0.25, -0.2) is 0 Å². The molecule has 0 saturated carbocycles. The molecule has 0 aliphatic heterocycles. The molecule has 0 bridgehead atoms. The molecule has 5 nitrogen and oxygen atoms in total. The van der Waals surface area contributed by atoms with Crippen molar-refractivity contribution in [3.63, 3.8) is 0 Å². The Balaban J connectivity index is 2.57. The minimum atomic E-state index is 0.0776. The fourth-order valence-corrected chi connectivity index (χ4v) is 1.64. The molecular weight excluding hydrogens is 236 g/mol. The number of aromatic hydroxyl groups is 1. The third-order valence-corrected chi connectivity index (χ3v) is 2.79. The van der Waals surface area contributed by atoms with Gasteiger partial charge >= 0.3 is 0 Å². The molecular formula is C11H12N4OS. The van der Waals surface area contributed by atoms with Crippen LogP contribution in [0.3, 0.4) is 0 Å². The Labute approximate surface area is 104 Å². The van der Waals surface area contributed by atoms with Crippen LogP contribution < -0.4 is 5.32 Å². The van der Waals surface area contributed by atoms with Crippen LogP contribution in [0.2, 0.25) is 0 Å². The van der Waals surface area contributed by atoms with Crippen molar-refractivity contribution in [3.8, 4) is 5.88 Å². The highest BCUT2D eigenvalue weighted by molar-refractivity contribution is 7.80. The number of thiocarbonyl (C=S) groups is 1. The summed E-state index contributed by atoms with van der Waals surface area (Å²) in [4.78, 5) is 0. The van der Waals surface area contributed by atoms with E-state index in [1.807, 2.05) is 24.3 Å². The Bertz CT molecular complexity index is 603. The van der Waals surface area contributed by atoms with Crippen molar-refractivity contribution < 1.29 is 5.11 Å². The SMILES string of the molecule is CNC(=S)N=Nc1c(O)n(C)c2ccccc12. The van der Waals surface area contributed by atoms with E-state index in [1.54, 1.807) is 18.7 Å². The van der Waals surface area contributed by atoms with Crippen molar-refractivity contribution >= 4 is 33.9 Å². The van der Waals surface area contributed by atoms with E-state index < -0.39 is 0 Å². The molecule has 0 radical (unpaired) electrons. The Kier molecular flexibility index (Phi) is 3.06. The molecule has 0 saturated heterocycles. The summed E-state index contributed by atoms with van der Waals surface area (Å²) < 4.78 is 1.66. The number of rotatable bonds is 1. The van der Waals surface area contributed by atoms with Crippen LogP contribution in [-0.4, -0.2) is 21.8 Å². The molecule has 1 aromatic carbocycles. The van der Waals surface area contributed by atoms with Gasteiger partial charge in [-0.05, 0) is 18.3 Å². The highest BCUT2D eigenvalue weighted by atomic mass is 32.1. The first kappa shape index (κ1) is 11.5. The van der Waals surface area contributed by atoms with Gasteiger partial charge in [-0.1, -0.05) is 18.2 Å². The quantitative estimate of drug-likeness (QED) is 0.602. The average molecular weight is 248 g/mol. The van der Waals surface area contributed by atoms with Crippen molar-refractivity contribution in [2.75, 3.05) is 7.05 Å². The predicted octanol–water partition coefficient (Wildman–Crippen LogP) is 2.47. The molecule has 6 heteroatoms. The maximum Gasteiger partial charge on any atom is 0.220 e. The van der Waals surface area contributed by atoms with Crippen molar-refractivity contribution in [1.82, 2.24) is 9.88 Å². The maximum atomic E-state index is 9.95. The molecule has 0 aliphatic rings. The third-order valence-electron chi connectivity index (χ3n) is 2.50. The molecule has 0 amide bonds. The zero-order valence-electron chi connectivity index (χ0n) is 9.51. The largest absolute Gasteiger partial charge is 0.493 e. The number of fused-ring (bicyclic) bond motifs is 1. The smallest absolute Gasteiger partial charge is 0.220 e. The summed E-state index contributed by atoms with van der Waals surface area (Å²) in [6.45, 7) is 0. The lowest BCUT2D eigenvalue weighted by atomic mass is 10.2. The van der Waals surface area contributed by atoms with Gasteiger partial charge in [-0.15, -0.1) is 10.2 Å². The van der Waals surface area contributed by atoms with E-state index in [1.165, 1.54) is 0 Å². The fourth-order valence-electron chi connectivity index (χ4n) is 1.60. The third kappa shape index (κ3) is 1.99. The van der Waals surface area contributed by atoms with Gasteiger partial charge in [0, 0.05) is 19.5 Å². The number of aromatic nitrogens is 1. The molecule has 1 heterocycles. The Morgan fingerprint density at radius 1 is 1.41 bits per heavy atom. The number of nitrogens with one attached hydrogen (secondary N) is 1. The van der Waals surface area contributed by atoms with Gasteiger partial charge in [0.15, 0.2) is 5.69 Å². The molecule has 0 unspecified atom stereocenters. The van der Waals surface area contributed by atoms with E-state index in [9.17, 15) is 5.11 Å². The van der Waals surface area contributed by atoms with Crippen molar-refractivity contribution in [1.29, 1.82) is 0 Å². The standard InChI is InChI=1S/C11H12N4OS/c1-12-11(17)14-13-9-7-5-3-4-6-8(7)15(2)10(9)16/h3-6,16H,1-2H3,(H,12,17). The highest BCUT2D eigenvalue weighted by Crippen LogP contribution is 2.37. The normalized spacial score (nSPS) is 11.2. The number of nitrogens with zero attached hydrogens (tertiary/aromatic N) is 3. The van der Waals surface area contributed by atoms with Crippen LogP contribution in [0.5, 0.6) is 5.88 Å². The summed E-state index contributed by atoms with van der Waals surface area (Å²) >= 11 is 4.87. The van der Waals surface area contributed by atoms with Gasteiger partial charge in [0.1, 0.15) is 0 Å². The molecule has 88 valence electrons. The number of azo groups is 1. The minimum absolute atomic E-state index is 0.0776. The van der Waals surface area contributed by atoms with E-state index in [-0.39, 0.29) is 11.0 Å². The van der Waals surface area contributed by atoms with Crippen LogP contribution in [0.25, 0.3) is 10.9 Å². The number of benzene rings is 1. The lowest BCUT2D eigenvalue weighted by molar-refractivity contribution is 0.436. The topological polar surface area (TPSA) is 61.9 Å². The highest BCUT2D eigenvalue weighted by Gasteiger charge is 2.13. The van der Waals surface area contributed by atoms with Crippen LogP contribution in [0.1, 0.15) is 0 Å². The molecule has 0 atom stereocenters. The van der Waals surface area contributed by atoms with E-state index >= 15 is 0 Å². The minimum Gasteiger partial charge on any atom is -0.493 e. The lowest BCUT2D eigenvalue weighted by Crippen LogP contribution is -2.11. The fraction of sp³-hybridized carbons (Fsp3) is 0.182. The van der Waals surface area contributed by atoms with Gasteiger partial charge in [0.2, 0.25) is 11.0 Å². The second-order valence-corrected chi connectivity index (χ2v) is 3.89. The number of para-hydroxylation sites is 1. The van der Waals surface area contributed by atoms with Gasteiger partial charge in [-0.3, -0.25) is 0 Å². The summed E-state index contributed by atoms with van der Waals surface area (Å²) in [5.41, 5.74) is 1.33. The van der Waals surface area contributed by atoms with E-state index in [2.05, 4.69) is 15.5 Å². The monoisotopic (exact) mass is 248 g/mol. The van der Waals surface area contributed by atoms with Crippen molar-refractivity contribution in [3.05, 3.63) is 24.3 Å². The first-order chi connectivity index (χ1) is 8.15. The zero-order valence-corrected chi connectivity index (χ0v) is 10.3. The number of hydrogen-bond donors (Lipinski definition) is 2. The summed E-state index contributed by atoms with van der Waals surface area (Å²) in [7, 11) is 3.44. The molecule has 2 aromatic rings. The van der Waals surface area contributed by atoms with Crippen LogP contribution in [0, 0.1) is 0 Å². The lowest BCUT2D eigenvalue weighted by Gasteiger charge is -1.95. The van der Waals surface area contributed by atoms with Crippen LogP contribution >= 0.6 is 12.2 Å². The zero-order chi connectivity index (χ0) is 12.4. The summed E-state index contributed by atoms with van der Waals surface area (Å²) in [5, 5.41) is 21.5. The van der Waals surface area contributed by atoms with Crippen LogP contribution in [0.4, 0.5) is 5.69 Å². The van der Waals surface area contributed by atoms with Crippen LogP contribution in [-0.2, 0) is 7.05 Å². The van der Waals surface area contributed by atoms with Gasteiger partial charge in [0.25, 0.3) is 0 Å². The summed E-state index contributed by atoms with van der Waals surface area (Å²) in [6, 6.07) is 7.58. The molecule has 2 rings (SSSR count). The molecule has 2 N–H and O–H groups in total. The number of hydrogen-bond acceptors (Lipinski definition) is 3. The second kappa shape index (κ2) is 4.50. The Hall–Kier alpha value is -1.95. The van der Waals surface area contributed by atoms with E-state index in [0.29, 0.717) is 5.69 Å². The van der Waals surface area contributed by atoms with E-state index in [0.717, 1.165) is 10.9 Å². The molecule has 0 aliphatic carbocycles. The van der Waals surface area contributed by atoms with Gasteiger partial charge in [-0.2, -0.15) is 0 Å². The van der Waals surface area contributed by atoms with E-state index in [4.69, 9.17) is 12.2 Å². The van der Waals surface area contributed by atoms with Crippen molar-refractivity contribution in [2.45, 2.75) is 0 Å². The van der Waals surface area contributed by atoms with Crippen molar-refractivity contribution in [2.24, 2.45) is 17.3 Å². The predicted molar refractivity (Wildman–Crippen MR) is 70.8 cm³/mol. The molecule has 1 aromatic heterocycles. The number of aryl methyl sites for hydroxylation is 1. The summed E-state index contributed by atoms with van der Waals surface area (Å²) in [6.07, 6.45) is 0.